The average molecular weight is 209 g/mol. The van der Waals surface area contributed by atoms with Gasteiger partial charge in [-0.25, -0.2) is 4.79 Å². The lowest BCUT2D eigenvalue weighted by atomic mass is 10.2. The normalized spacial score (nSPS) is 13.6. The molecule has 1 rings (SSSR count). The fourth-order valence-corrected chi connectivity index (χ4v) is 1.31. The summed E-state index contributed by atoms with van der Waals surface area (Å²) in [5.41, 5.74) is 0. The summed E-state index contributed by atoms with van der Waals surface area (Å²) in [6.45, 7) is 1.86. The van der Waals surface area contributed by atoms with Crippen molar-refractivity contribution >= 4 is 5.97 Å². The summed E-state index contributed by atoms with van der Waals surface area (Å²) in [6.07, 6.45) is 2.73. The zero-order valence-electron chi connectivity index (χ0n) is 9.10. The highest BCUT2D eigenvalue weighted by molar-refractivity contribution is 5.79. The molecule has 1 aromatic heterocycles. The van der Waals surface area contributed by atoms with Crippen LogP contribution in [-0.2, 0) is 4.79 Å². The van der Waals surface area contributed by atoms with E-state index < -0.39 is 5.97 Å². The fourth-order valence-electron chi connectivity index (χ4n) is 1.31. The van der Waals surface area contributed by atoms with Crippen LogP contribution in [0.1, 0.15) is 17.6 Å². The Kier molecular flexibility index (Phi) is 3.68. The molecule has 0 spiro atoms. The predicted molar refractivity (Wildman–Crippen MR) is 56.6 cm³/mol. The van der Waals surface area contributed by atoms with E-state index in [0.717, 1.165) is 17.6 Å². The molecule has 1 N–H and O–H groups in total. The van der Waals surface area contributed by atoms with E-state index in [-0.39, 0.29) is 6.04 Å². The summed E-state index contributed by atoms with van der Waals surface area (Å²) in [5, 5.41) is 8.56. The van der Waals surface area contributed by atoms with E-state index in [1.54, 1.807) is 6.08 Å². The minimum Gasteiger partial charge on any atom is -0.478 e. The van der Waals surface area contributed by atoms with Crippen LogP contribution in [0, 0.1) is 6.92 Å². The first-order valence-corrected chi connectivity index (χ1v) is 4.64. The molecule has 1 unspecified atom stereocenters. The molecule has 0 amide bonds. The molecular formula is C11H15NO3. The number of hydrogen-bond donors (Lipinski definition) is 1. The minimum absolute atomic E-state index is 0.144. The molecule has 0 bridgehead atoms. The Morgan fingerprint density at radius 2 is 2.20 bits per heavy atom. The van der Waals surface area contributed by atoms with Crippen LogP contribution >= 0.6 is 0 Å². The van der Waals surface area contributed by atoms with Crippen LogP contribution in [-0.4, -0.2) is 30.1 Å². The van der Waals surface area contributed by atoms with Gasteiger partial charge in [0.1, 0.15) is 11.5 Å². The number of nitrogens with zero attached hydrogens (tertiary/aromatic N) is 1. The van der Waals surface area contributed by atoms with Crippen LogP contribution in [0.3, 0.4) is 0 Å². The molecule has 0 saturated heterocycles. The third-order valence-electron chi connectivity index (χ3n) is 2.03. The van der Waals surface area contributed by atoms with Crippen molar-refractivity contribution in [1.29, 1.82) is 0 Å². The number of carboxylic acids is 1. The van der Waals surface area contributed by atoms with E-state index in [1.165, 1.54) is 0 Å². The number of aliphatic carboxylic acids is 1. The second-order valence-electron chi connectivity index (χ2n) is 3.55. The number of likely N-dealkylation sites (N-methyl/N-ethyl adjacent to an activating group) is 1. The molecule has 15 heavy (non-hydrogen) atoms. The van der Waals surface area contributed by atoms with Crippen molar-refractivity contribution in [2.45, 2.75) is 13.0 Å². The molecule has 0 aliphatic rings. The summed E-state index contributed by atoms with van der Waals surface area (Å²) < 4.78 is 5.45. The van der Waals surface area contributed by atoms with Gasteiger partial charge in [-0.3, -0.25) is 4.90 Å². The molecular weight excluding hydrogens is 194 g/mol. The number of furan rings is 1. The van der Waals surface area contributed by atoms with Gasteiger partial charge in [-0.1, -0.05) is 6.08 Å². The van der Waals surface area contributed by atoms with Gasteiger partial charge in [0.05, 0.1) is 6.04 Å². The highest BCUT2D eigenvalue weighted by Crippen LogP contribution is 2.21. The summed E-state index contributed by atoms with van der Waals surface area (Å²) in [5.74, 6) is 0.612. The van der Waals surface area contributed by atoms with E-state index >= 15 is 0 Å². The van der Waals surface area contributed by atoms with Gasteiger partial charge in [-0.05, 0) is 33.2 Å². The van der Waals surface area contributed by atoms with Gasteiger partial charge in [0.25, 0.3) is 0 Å². The summed E-state index contributed by atoms with van der Waals surface area (Å²) in [4.78, 5) is 12.3. The van der Waals surface area contributed by atoms with Crippen molar-refractivity contribution in [2.24, 2.45) is 0 Å². The first-order valence-electron chi connectivity index (χ1n) is 4.64. The van der Waals surface area contributed by atoms with Gasteiger partial charge in [0, 0.05) is 6.08 Å². The maximum Gasteiger partial charge on any atom is 0.328 e. The fraction of sp³-hybridized carbons (Fsp3) is 0.364. The maximum atomic E-state index is 10.4. The van der Waals surface area contributed by atoms with Crippen LogP contribution in [0.25, 0.3) is 0 Å². The Hall–Kier alpha value is -1.55. The van der Waals surface area contributed by atoms with Crippen molar-refractivity contribution in [2.75, 3.05) is 14.1 Å². The number of carbonyl (C=O) groups is 1. The van der Waals surface area contributed by atoms with Crippen LogP contribution in [0.2, 0.25) is 0 Å². The van der Waals surface area contributed by atoms with E-state index in [0.29, 0.717) is 0 Å². The highest BCUT2D eigenvalue weighted by Gasteiger charge is 2.14. The zero-order valence-corrected chi connectivity index (χ0v) is 9.10. The average Bonchev–Trinajstić information content (AvgIpc) is 2.51. The Morgan fingerprint density at radius 1 is 1.53 bits per heavy atom. The van der Waals surface area contributed by atoms with Gasteiger partial charge in [-0.2, -0.15) is 0 Å². The first-order chi connectivity index (χ1) is 7.00. The van der Waals surface area contributed by atoms with Crippen molar-refractivity contribution < 1.29 is 14.3 Å². The van der Waals surface area contributed by atoms with Gasteiger partial charge < -0.3 is 9.52 Å². The van der Waals surface area contributed by atoms with Crippen LogP contribution in [0.15, 0.2) is 28.7 Å². The molecule has 0 aromatic carbocycles. The molecule has 0 aliphatic heterocycles. The van der Waals surface area contributed by atoms with Crippen molar-refractivity contribution in [3.63, 3.8) is 0 Å². The molecule has 82 valence electrons. The Balaban J connectivity index is 2.88. The van der Waals surface area contributed by atoms with Crippen LogP contribution in [0.5, 0.6) is 0 Å². The second-order valence-corrected chi connectivity index (χ2v) is 3.55. The molecule has 4 nitrogen and oxygen atoms in total. The maximum absolute atomic E-state index is 10.4. The Bertz CT molecular complexity index is 366. The number of aryl methyl sites for hydroxylation is 1. The summed E-state index contributed by atoms with van der Waals surface area (Å²) in [7, 11) is 3.74. The Morgan fingerprint density at radius 3 is 2.60 bits per heavy atom. The van der Waals surface area contributed by atoms with E-state index in [4.69, 9.17) is 9.52 Å². The highest BCUT2D eigenvalue weighted by atomic mass is 16.4. The molecule has 0 aliphatic carbocycles. The van der Waals surface area contributed by atoms with Gasteiger partial charge in [-0.15, -0.1) is 0 Å². The van der Waals surface area contributed by atoms with Crippen LogP contribution in [0.4, 0.5) is 0 Å². The van der Waals surface area contributed by atoms with Crippen molar-refractivity contribution in [3.8, 4) is 0 Å². The van der Waals surface area contributed by atoms with Crippen molar-refractivity contribution in [3.05, 3.63) is 35.8 Å². The quantitative estimate of drug-likeness (QED) is 0.769. The van der Waals surface area contributed by atoms with E-state index in [1.807, 2.05) is 38.1 Å². The lowest BCUT2D eigenvalue weighted by Gasteiger charge is -2.18. The standard InChI is InChI=1S/C11H15NO3/c1-8-4-6-10(15-8)9(12(2)3)5-7-11(13)14/h4-7,9H,1-3H3,(H,13,14)/b7-5+. The SMILES string of the molecule is Cc1ccc(C(/C=C/C(=O)O)N(C)C)o1. The number of hydrogen-bond acceptors (Lipinski definition) is 3. The predicted octanol–water partition coefficient (Wildman–Crippen LogP) is 1.83. The molecule has 1 aromatic rings. The molecule has 0 fully saturated rings. The third-order valence-corrected chi connectivity index (χ3v) is 2.03. The number of rotatable bonds is 4. The van der Waals surface area contributed by atoms with Gasteiger partial charge in [0.15, 0.2) is 0 Å². The summed E-state index contributed by atoms with van der Waals surface area (Å²) >= 11 is 0. The minimum atomic E-state index is -0.954. The lowest BCUT2D eigenvalue weighted by Crippen LogP contribution is -2.17. The van der Waals surface area contributed by atoms with Crippen molar-refractivity contribution in [1.82, 2.24) is 4.90 Å². The topological polar surface area (TPSA) is 53.7 Å². The molecule has 0 saturated carbocycles. The van der Waals surface area contributed by atoms with E-state index in [9.17, 15) is 4.79 Å². The zero-order chi connectivity index (χ0) is 11.4. The van der Waals surface area contributed by atoms with Gasteiger partial charge >= 0.3 is 5.97 Å². The smallest absolute Gasteiger partial charge is 0.328 e. The second kappa shape index (κ2) is 4.79. The lowest BCUT2D eigenvalue weighted by molar-refractivity contribution is -0.131. The first kappa shape index (κ1) is 11.5. The monoisotopic (exact) mass is 209 g/mol. The largest absolute Gasteiger partial charge is 0.478 e. The summed E-state index contributed by atoms with van der Waals surface area (Å²) in [6, 6.07) is 3.57. The molecule has 4 heteroatoms. The van der Waals surface area contributed by atoms with Crippen LogP contribution < -0.4 is 0 Å². The van der Waals surface area contributed by atoms with Gasteiger partial charge in [0.2, 0.25) is 0 Å². The third kappa shape index (κ3) is 3.25. The molecule has 1 atom stereocenters. The molecule has 1 heterocycles. The number of carboxylic acid groups (broad SMARTS) is 1. The Labute approximate surface area is 88.8 Å². The molecule has 0 radical (unpaired) electrons. The van der Waals surface area contributed by atoms with E-state index in [2.05, 4.69) is 0 Å².